The molecular weight excluding hydrogens is 278 g/mol. The SMILES string of the molecule is CC(C)n1ncc2cc(C(=O)NCc3ccncc3)cnc21. The number of pyridine rings is 2. The molecule has 0 atom stereocenters. The number of hydrogen-bond donors (Lipinski definition) is 1. The van der Waals surface area contributed by atoms with Gasteiger partial charge in [-0.1, -0.05) is 0 Å². The number of rotatable bonds is 4. The van der Waals surface area contributed by atoms with Gasteiger partial charge in [0, 0.05) is 36.6 Å². The van der Waals surface area contributed by atoms with Gasteiger partial charge in [0.15, 0.2) is 5.65 Å². The lowest BCUT2D eigenvalue weighted by Crippen LogP contribution is -2.22. The van der Waals surface area contributed by atoms with Crippen LogP contribution in [-0.2, 0) is 6.54 Å². The van der Waals surface area contributed by atoms with Crippen molar-refractivity contribution in [3.8, 4) is 0 Å². The molecule has 0 spiro atoms. The average molecular weight is 295 g/mol. The van der Waals surface area contributed by atoms with Crippen LogP contribution in [0.25, 0.3) is 11.0 Å². The van der Waals surface area contributed by atoms with E-state index in [2.05, 4.69) is 20.4 Å². The second-order valence-electron chi connectivity index (χ2n) is 5.36. The Kier molecular flexibility index (Phi) is 3.82. The summed E-state index contributed by atoms with van der Waals surface area (Å²) in [5, 5.41) is 8.05. The Labute approximate surface area is 128 Å². The van der Waals surface area contributed by atoms with Gasteiger partial charge in [-0.15, -0.1) is 0 Å². The molecule has 112 valence electrons. The zero-order valence-electron chi connectivity index (χ0n) is 12.5. The van der Waals surface area contributed by atoms with Crippen LogP contribution in [0.4, 0.5) is 0 Å². The summed E-state index contributed by atoms with van der Waals surface area (Å²) >= 11 is 0. The summed E-state index contributed by atoms with van der Waals surface area (Å²) in [6.45, 7) is 4.55. The van der Waals surface area contributed by atoms with Crippen molar-refractivity contribution in [1.82, 2.24) is 25.1 Å². The van der Waals surface area contributed by atoms with Crippen molar-refractivity contribution in [3.05, 3.63) is 54.1 Å². The van der Waals surface area contributed by atoms with Crippen LogP contribution in [-0.4, -0.2) is 25.7 Å². The monoisotopic (exact) mass is 295 g/mol. The first-order valence-corrected chi connectivity index (χ1v) is 7.15. The quantitative estimate of drug-likeness (QED) is 0.802. The molecule has 1 amide bonds. The Hall–Kier alpha value is -2.76. The van der Waals surface area contributed by atoms with Gasteiger partial charge in [0.25, 0.3) is 5.91 Å². The van der Waals surface area contributed by atoms with Gasteiger partial charge in [0.1, 0.15) is 0 Å². The molecule has 6 nitrogen and oxygen atoms in total. The van der Waals surface area contributed by atoms with E-state index in [4.69, 9.17) is 0 Å². The molecule has 0 aliphatic heterocycles. The number of nitrogens with zero attached hydrogens (tertiary/aromatic N) is 4. The van der Waals surface area contributed by atoms with Crippen molar-refractivity contribution in [2.24, 2.45) is 0 Å². The lowest BCUT2D eigenvalue weighted by atomic mass is 10.2. The van der Waals surface area contributed by atoms with Crippen molar-refractivity contribution >= 4 is 16.9 Å². The maximum atomic E-state index is 12.2. The Morgan fingerprint density at radius 1 is 1.27 bits per heavy atom. The minimum absolute atomic E-state index is 0.150. The third-order valence-corrected chi connectivity index (χ3v) is 3.39. The van der Waals surface area contributed by atoms with Gasteiger partial charge in [-0.05, 0) is 37.6 Å². The molecule has 3 heterocycles. The van der Waals surface area contributed by atoms with Gasteiger partial charge in [-0.25, -0.2) is 9.67 Å². The minimum Gasteiger partial charge on any atom is -0.348 e. The fourth-order valence-electron chi connectivity index (χ4n) is 2.23. The number of fused-ring (bicyclic) bond motifs is 1. The maximum absolute atomic E-state index is 12.2. The molecule has 0 aliphatic rings. The molecule has 0 fully saturated rings. The van der Waals surface area contributed by atoms with E-state index >= 15 is 0 Å². The lowest BCUT2D eigenvalue weighted by Gasteiger charge is -2.07. The standard InChI is InChI=1S/C16H17N5O/c1-11(2)21-15-13(10-20-21)7-14(9-18-15)16(22)19-8-12-3-5-17-6-4-12/h3-7,9-11H,8H2,1-2H3,(H,19,22). The molecule has 0 bridgehead atoms. The first-order valence-electron chi connectivity index (χ1n) is 7.15. The summed E-state index contributed by atoms with van der Waals surface area (Å²) in [5.74, 6) is -0.150. The molecule has 0 saturated heterocycles. The summed E-state index contributed by atoms with van der Waals surface area (Å²) in [5.41, 5.74) is 2.33. The highest BCUT2D eigenvalue weighted by Crippen LogP contribution is 2.16. The molecule has 0 aliphatic carbocycles. The van der Waals surface area contributed by atoms with E-state index in [9.17, 15) is 4.79 Å². The van der Waals surface area contributed by atoms with Gasteiger partial charge in [-0.2, -0.15) is 5.10 Å². The fourth-order valence-corrected chi connectivity index (χ4v) is 2.23. The molecule has 6 heteroatoms. The van der Waals surface area contributed by atoms with E-state index in [0.717, 1.165) is 16.6 Å². The van der Waals surface area contributed by atoms with Crippen LogP contribution in [0.2, 0.25) is 0 Å². The average Bonchev–Trinajstić information content (AvgIpc) is 2.97. The largest absolute Gasteiger partial charge is 0.348 e. The molecule has 0 saturated carbocycles. The first-order chi connectivity index (χ1) is 10.6. The highest BCUT2D eigenvalue weighted by molar-refractivity contribution is 5.96. The molecular formula is C16H17N5O. The number of aromatic nitrogens is 4. The highest BCUT2D eigenvalue weighted by Gasteiger charge is 2.11. The van der Waals surface area contributed by atoms with Crippen LogP contribution in [0.5, 0.6) is 0 Å². The fraction of sp³-hybridized carbons (Fsp3) is 0.250. The van der Waals surface area contributed by atoms with E-state index in [0.29, 0.717) is 12.1 Å². The predicted molar refractivity (Wildman–Crippen MR) is 83.3 cm³/mol. The van der Waals surface area contributed by atoms with Crippen molar-refractivity contribution in [1.29, 1.82) is 0 Å². The van der Waals surface area contributed by atoms with Gasteiger partial charge >= 0.3 is 0 Å². The van der Waals surface area contributed by atoms with Crippen molar-refractivity contribution in [3.63, 3.8) is 0 Å². The second-order valence-corrected chi connectivity index (χ2v) is 5.36. The van der Waals surface area contributed by atoms with E-state index in [1.807, 2.05) is 36.7 Å². The number of carbonyl (C=O) groups is 1. The van der Waals surface area contributed by atoms with E-state index in [1.165, 1.54) is 0 Å². The third-order valence-electron chi connectivity index (χ3n) is 3.39. The smallest absolute Gasteiger partial charge is 0.253 e. The van der Waals surface area contributed by atoms with Gasteiger partial charge in [0.05, 0.1) is 11.8 Å². The molecule has 0 aromatic carbocycles. The van der Waals surface area contributed by atoms with Crippen LogP contribution >= 0.6 is 0 Å². The van der Waals surface area contributed by atoms with Gasteiger partial charge < -0.3 is 5.32 Å². The van der Waals surface area contributed by atoms with Crippen molar-refractivity contribution < 1.29 is 4.79 Å². The Balaban J connectivity index is 1.77. The van der Waals surface area contributed by atoms with Crippen molar-refractivity contribution in [2.45, 2.75) is 26.4 Å². The summed E-state index contributed by atoms with van der Waals surface area (Å²) in [6, 6.07) is 5.79. The zero-order valence-corrected chi connectivity index (χ0v) is 12.5. The van der Waals surface area contributed by atoms with Crippen LogP contribution in [0.15, 0.2) is 43.0 Å². The molecule has 0 radical (unpaired) electrons. The summed E-state index contributed by atoms with van der Waals surface area (Å²) in [4.78, 5) is 20.5. The topological polar surface area (TPSA) is 72.7 Å². The summed E-state index contributed by atoms with van der Waals surface area (Å²) in [6.07, 6.45) is 6.73. The minimum atomic E-state index is -0.150. The Bertz CT molecular complexity index is 795. The summed E-state index contributed by atoms with van der Waals surface area (Å²) in [7, 11) is 0. The number of nitrogens with one attached hydrogen (secondary N) is 1. The second kappa shape index (κ2) is 5.93. The lowest BCUT2D eigenvalue weighted by molar-refractivity contribution is 0.0950. The predicted octanol–water partition coefficient (Wildman–Crippen LogP) is 2.34. The molecule has 3 aromatic rings. The van der Waals surface area contributed by atoms with E-state index < -0.39 is 0 Å². The molecule has 1 N–H and O–H groups in total. The molecule has 22 heavy (non-hydrogen) atoms. The van der Waals surface area contributed by atoms with Gasteiger partial charge in [0.2, 0.25) is 0 Å². The molecule has 3 rings (SSSR count). The normalized spacial score (nSPS) is 11.0. The van der Waals surface area contributed by atoms with E-state index in [-0.39, 0.29) is 11.9 Å². The number of carbonyl (C=O) groups excluding carboxylic acids is 1. The summed E-state index contributed by atoms with van der Waals surface area (Å²) < 4.78 is 1.84. The zero-order chi connectivity index (χ0) is 15.5. The van der Waals surface area contributed by atoms with Crippen LogP contribution in [0, 0.1) is 0 Å². The van der Waals surface area contributed by atoms with Crippen LogP contribution in [0.1, 0.15) is 35.8 Å². The maximum Gasteiger partial charge on any atom is 0.253 e. The Morgan fingerprint density at radius 3 is 2.77 bits per heavy atom. The highest BCUT2D eigenvalue weighted by atomic mass is 16.1. The van der Waals surface area contributed by atoms with Crippen LogP contribution in [0.3, 0.4) is 0 Å². The number of amides is 1. The third kappa shape index (κ3) is 2.81. The first kappa shape index (κ1) is 14.2. The van der Waals surface area contributed by atoms with Crippen LogP contribution < -0.4 is 5.32 Å². The molecule has 3 aromatic heterocycles. The van der Waals surface area contributed by atoms with E-state index in [1.54, 1.807) is 24.8 Å². The number of hydrogen-bond acceptors (Lipinski definition) is 4. The van der Waals surface area contributed by atoms with Gasteiger partial charge in [-0.3, -0.25) is 9.78 Å². The Morgan fingerprint density at radius 2 is 2.05 bits per heavy atom. The van der Waals surface area contributed by atoms with Crippen molar-refractivity contribution in [2.75, 3.05) is 0 Å². The molecule has 0 unspecified atom stereocenters.